The number of aliphatic imine (C=N–C) groups is 2. The molecule has 3 aliphatic rings. The Hall–Kier alpha value is -3.49. The molecule has 38 heavy (non-hydrogen) atoms. The van der Waals surface area contributed by atoms with Gasteiger partial charge in [-0.3, -0.25) is 0 Å². The summed E-state index contributed by atoms with van der Waals surface area (Å²) in [6, 6.07) is 12.1. The van der Waals surface area contributed by atoms with Crippen LogP contribution in [-0.4, -0.2) is 48.4 Å². The van der Waals surface area contributed by atoms with Crippen LogP contribution in [0.4, 0.5) is 18.9 Å². The zero-order chi connectivity index (χ0) is 27.2. The van der Waals surface area contributed by atoms with Crippen molar-refractivity contribution in [2.75, 3.05) is 25.5 Å². The van der Waals surface area contributed by atoms with Gasteiger partial charge in [-0.05, 0) is 66.0 Å². The summed E-state index contributed by atoms with van der Waals surface area (Å²) in [6.45, 7) is 10.3. The number of guanidine groups is 1. The average Bonchev–Trinajstić information content (AvgIpc) is 3.46. The molecule has 6 nitrogen and oxygen atoms in total. The van der Waals surface area contributed by atoms with Gasteiger partial charge in [0.25, 0.3) is 0 Å². The summed E-state index contributed by atoms with van der Waals surface area (Å²) in [7, 11) is 1.97. The van der Waals surface area contributed by atoms with Crippen molar-refractivity contribution in [1.29, 1.82) is 0 Å². The van der Waals surface area contributed by atoms with Gasteiger partial charge in [0.2, 0.25) is 5.96 Å². The van der Waals surface area contributed by atoms with E-state index < -0.39 is 11.7 Å². The number of nitrogens with one attached hydrogen (secondary N) is 2. The molecule has 0 spiro atoms. The Kier molecular flexibility index (Phi) is 6.65. The zero-order valence-electron chi connectivity index (χ0n) is 22.5. The van der Waals surface area contributed by atoms with E-state index in [4.69, 9.17) is 4.99 Å². The number of hydrogen-bond donors (Lipinski definition) is 2. The lowest BCUT2D eigenvalue weighted by Crippen LogP contribution is -2.46. The van der Waals surface area contributed by atoms with E-state index in [-0.39, 0.29) is 11.6 Å². The minimum Gasteiger partial charge on any atom is -0.342 e. The molecule has 0 aromatic heterocycles. The monoisotopic (exact) mass is 524 g/mol. The van der Waals surface area contributed by atoms with Gasteiger partial charge in [0.05, 0.1) is 11.9 Å². The van der Waals surface area contributed by atoms with Crippen molar-refractivity contribution >= 4 is 18.0 Å². The van der Waals surface area contributed by atoms with Crippen LogP contribution in [0.25, 0.3) is 0 Å². The van der Waals surface area contributed by atoms with Crippen LogP contribution in [0.5, 0.6) is 0 Å². The van der Waals surface area contributed by atoms with E-state index in [0.29, 0.717) is 5.92 Å². The Bertz CT molecular complexity index is 1290. The third-order valence-electron chi connectivity index (χ3n) is 7.50. The topological polar surface area (TPSA) is 55.3 Å². The van der Waals surface area contributed by atoms with Crippen LogP contribution in [0.15, 0.2) is 64.0 Å². The average molecular weight is 525 g/mol. The maximum atomic E-state index is 12.9. The second kappa shape index (κ2) is 9.67. The highest BCUT2D eigenvalue weighted by atomic mass is 19.4. The number of fused-ring (bicyclic) bond motifs is 1. The van der Waals surface area contributed by atoms with Crippen LogP contribution in [0.3, 0.4) is 0 Å². The second-order valence-electron chi connectivity index (χ2n) is 11.5. The van der Waals surface area contributed by atoms with Crippen molar-refractivity contribution in [1.82, 2.24) is 15.1 Å². The highest BCUT2D eigenvalue weighted by molar-refractivity contribution is 5.85. The zero-order valence-corrected chi connectivity index (χ0v) is 22.5. The number of anilines is 1. The van der Waals surface area contributed by atoms with Crippen LogP contribution in [-0.2, 0) is 18.0 Å². The van der Waals surface area contributed by atoms with Crippen LogP contribution in [0.2, 0.25) is 0 Å². The summed E-state index contributed by atoms with van der Waals surface area (Å²) in [6.07, 6.45) is -1.15. The molecule has 3 aliphatic heterocycles. The SMILES string of the molecule is Cc1ccc(C(C)(C)C)cc1NC1=C2C(N=CN2C)N=C(N2CCC(Cc3ccc(C(F)(F)F)cc3)C2)N1. The lowest BCUT2D eigenvalue weighted by molar-refractivity contribution is -0.137. The number of likely N-dealkylation sites (N-methyl/N-ethyl adjacent to an activating group) is 1. The lowest BCUT2D eigenvalue weighted by atomic mass is 9.86. The van der Waals surface area contributed by atoms with Crippen molar-refractivity contribution in [3.05, 3.63) is 76.2 Å². The smallest absolute Gasteiger partial charge is 0.342 e. The summed E-state index contributed by atoms with van der Waals surface area (Å²) < 4.78 is 38.7. The standard InChI is InChI=1S/C29H35F3N6/c1-18-6-9-22(28(2,3)4)15-23(18)34-26-24-25(33-17-37(24)5)35-27(36-26)38-13-12-20(16-38)14-19-7-10-21(11-8-19)29(30,31)32/h6-11,15,17,20,25,34H,12-14,16H2,1-5H3,(H,35,36). The molecule has 0 amide bonds. The maximum absolute atomic E-state index is 12.9. The first kappa shape index (κ1) is 26.1. The molecule has 9 heteroatoms. The summed E-state index contributed by atoms with van der Waals surface area (Å²) in [5.74, 6) is 1.96. The normalized spacial score (nSPS) is 21.5. The second-order valence-corrected chi connectivity index (χ2v) is 11.5. The number of aryl methyl sites for hydroxylation is 1. The predicted molar refractivity (Wildman–Crippen MR) is 146 cm³/mol. The number of halogens is 3. The van der Waals surface area contributed by atoms with Gasteiger partial charge in [-0.15, -0.1) is 0 Å². The van der Waals surface area contributed by atoms with E-state index in [1.807, 2.05) is 11.9 Å². The molecule has 1 fully saturated rings. The van der Waals surface area contributed by atoms with E-state index in [0.717, 1.165) is 60.2 Å². The largest absolute Gasteiger partial charge is 0.416 e. The van der Waals surface area contributed by atoms with E-state index in [1.54, 1.807) is 18.5 Å². The van der Waals surface area contributed by atoms with Gasteiger partial charge in [0, 0.05) is 25.8 Å². The van der Waals surface area contributed by atoms with Crippen molar-refractivity contribution < 1.29 is 13.2 Å². The van der Waals surface area contributed by atoms with Crippen molar-refractivity contribution in [2.45, 2.75) is 58.3 Å². The molecule has 5 rings (SSSR count). The first-order chi connectivity index (χ1) is 17.9. The molecule has 0 radical (unpaired) electrons. The summed E-state index contributed by atoms with van der Waals surface area (Å²) in [5, 5.41) is 7.17. The third-order valence-corrected chi connectivity index (χ3v) is 7.50. The molecule has 0 bridgehead atoms. The predicted octanol–water partition coefficient (Wildman–Crippen LogP) is 5.72. The minimum atomic E-state index is -4.31. The first-order valence-electron chi connectivity index (χ1n) is 13.0. The number of benzene rings is 2. The highest BCUT2D eigenvalue weighted by Gasteiger charge is 2.35. The Morgan fingerprint density at radius 1 is 1.05 bits per heavy atom. The number of hydrogen-bond acceptors (Lipinski definition) is 6. The molecule has 2 aromatic carbocycles. The van der Waals surface area contributed by atoms with Crippen molar-refractivity contribution in [3.63, 3.8) is 0 Å². The fraction of sp³-hybridized carbons (Fsp3) is 0.448. The number of likely N-dealkylation sites (tertiary alicyclic amines) is 1. The van der Waals surface area contributed by atoms with Crippen molar-refractivity contribution in [3.8, 4) is 0 Å². The minimum absolute atomic E-state index is 0.0297. The van der Waals surface area contributed by atoms with Gasteiger partial charge in [-0.25, -0.2) is 9.98 Å². The number of rotatable bonds is 4. The van der Waals surface area contributed by atoms with Crippen LogP contribution < -0.4 is 10.6 Å². The van der Waals surface area contributed by atoms with E-state index >= 15 is 0 Å². The molecule has 0 saturated carbocycles. The van der Waals surface area contributed by atoms with Gasteiger partial charge in [-0.1, -0.05) is 45.0 Å². The van der Waals surface area contributed by atoms with Crippen molar-refractivity contribution in [2.24, 2.45) is 15.9 Å². The Morgan fingerprint density at radius 2 is 1.76 bits per heavy atom. The lowest BCUT2D eigenvalue weighted by Gasteiger charge is -2.31. The molecule has 2 atom stereocenters. The molecule has 3 heterocycles. The van der Waals surface area contributed by atoms with Gasteiger partial charge in [0.1, 0.15) is 11.5 Å². The molecule has 2 aromatic rings. The van der Waals surface area contributed by atoms with Gasteiger partial charge in [0.15, 0.2) is 6.17 Å². The van der Waals surface area contributed by atoms with Crippen LogP contribution in [0.1, 0.15) is 49.4 Å². The third kappa shape index (κ3) is 5.37. The molecular formula is C29H35F3N6. The Labute approximate surface area is 222 Å². The summed E-state index contributed by atoms with van der Waals surface area (Å²) in [4.78, 5) is 13.7. The van der Waals surface area contributed by atoms with E-state index in [9.17, 15) is 13.2 Å². The van der Waals surface area contributed by atoms with E-state index in [2.05, 4.69) is 66.4 Å². The van der Waals surface area contributed by atoms with Gasteiger partial charge in [-0.2, -0.15) is 13.2 Å². The molecule has 2 unspecified atom stereocenters. The van der Waals surface area contributed by atoms with Gasteiger partial charge >= 0.3 is 6.18 Å². The highest BCUT2D eigenvalue weighted by Crippen LogP contribution is 2.32. The van der Waals surface area contributed by atoms with Gasteiger partial charge < -0.3 is 20.4 Å². The Balaban J connectivity index is 1.31. The Morgan fingerprint density at radius 3 is 2.45 bits per heavy atom. The molecule has 202 valence electrons. The van der Waals surface area contributed by atoms with E-state index in [1.165, 1.54) is 17.7 Å². The number of alkyl halides is 3. The molecule has 1 saturated heterocycles. The fourth-order valence-corrected chi connectivity index (χ4v) is 5.17. The molecular weight excluding hydrogens is 489 g/mol. The number of nitrogens with zero attached hydrogens (tertiary/aromatic N) is 4. The quantitative estimate of drug-likeness (QED) is 0.538. The molecule has 2 N–H and O–H groups in total. The summed E-state index contributed by atoms with van der Waals surface area (Å²) >= 11 is 0. The molecule has 0 aliphatic carbocycles. The maximum Gasteiger partial charge on any atom is 0.416 e. The first-order valence-corrected chi connectivity index (χ1v) is 13.0. The fourth-order valence-electron chi connectivity index (χ4n) is 5.17. The summed E-state index contributed by atoms with van der Waals surface area (Å²) in [5.41, 5.74) is 4.74. The van der Waals surface area contributed by atoms with Crippen LogP contribution >= 0.6 is 0 Å². The van der Waals surface area contributed by atoms with Crippen LogP contribution in [0, 0.1) is 12.8 Å².